The lowest BCUT2D eigenvalue weighted by atomic mass is 9.78. The van der Waals surface area contributed by atoms with Gasteiger partial charge in [0.1, 0.15) is 11.9 Å². The molecule has 2 saturated heterocycles. The Morgan fingerprint density at radius 1 is 1.41 bits per heavy atom. The molecule has 2 aliphatic heterocycles. The molecule has 3 fully saturated rings. The first kappa shape index (κ1) is 23.7. The van der Waals surface area contributed by atoms with Crippen molar-refractivity contribution < 1.29 is 18.2 Å². The van der Waals surface area contributed by atoms with Crippen molar-refractivity contribution in [2.24, 2.45) is 5.92 Å². The van der Waals surface area contributed by atoms with Gasteiger partial charge in [0.05, 0.1) is 29.6 Å². The number of anilines is 1. The molecule has 0 amide bonds. The van der Waals surface area contributed by atoms with Gasteiger partial charge in [-0.2, -0.15) is 9.57 Å². The zero-order valence-electron chi connectivity index (χ0n) is 19.2. The van der Waals surface area contributed by atoms with Gasteiger partial charge in [0, 0.05) is 38.8 Å². The van der Waals surface area contributed by atoms with Crippen LogP contribution in [-0.2, 0) is 4.74 Å². The summed E-state index contributed by atoms with van der Waals surface area (Å²) in [5.41, 5.74) is -0.459. The highest BCUT2D eigenvalue weighted by atomic mass is 32.3. The van der Waals surface area contributed by atoms with Crippen LogP contribution in [0.25, 0.3) is 0 Å². The molecule has 3 aliphatic rings. The number of nitrogens with zero attached hydrogens (tertiary/aromatic N) is 5. The summed E-state index contributed by atoms with van der Waals surface area (Å²) in [6.07, 6.45) is 5.17. The van der Waals surface area contributed by atoms with Crippen LogP contribution in [0.15, 0.2) is 12.3 Å². The normalized spacial score (nSPS) is 34.0. The van der Waals surface area contributed by atoms with Gasteiger partial charge in [0.25, 0.3) is 0 Å². The minimum atomic E-state index is -3.39. The van der Waals surface area contributed by atoms with Crippen molar-refractivity contribution in [3.8, 4) is 6.07 Å². The van der Waals surface area contributed by atoms with Crippen LogP contribution in [0.3, 0.4) is 0 Å². The van der Waals surface area contributed by atoms with Gasteiger partial charge in [-0.3, -0.25) is 9.11 Å². The number of hydrogen-bond acceptors (Lipinski definition) is 8. The van der Waals surface area contributed by atoms with Gasteiger partial charge in [0.15, 0.2) is 5.69 Å². The van der Waals surface area contributed by atoms with E-state index in [0.717, 1.165) is 25.7 Å². The molecule has 4 atom stereocenters. The highest BCUT2D eigenvalue weighted by molar-refractivity contribution is 8.23. The number of aromatic nitrogens is 1. The third-order valence-corrected chi connectivity index (χ3v) is 9.24. The fourth-order valence-corrected chi connectivity index (χ4v) is 7.39. The Balaban J connectivity index is 1.57. The number of halogens is 1. The Labute approximate surface area is 191 Å². The second-order valence-electron chi connectivity index (χ2n) is 9.79. The van der Waals surface area contributed by atoms with Crippen LogP contribution in [0.4, 0.5) is 10.1 Å². The Bertz CT molecular complexity index is 897. The first-order chi connectivity index (χ1) is 15.1. The summed E-state index contributed by atoms with van der Waals surface area (Å²) in [4.78, 5) is 6.37. The molecule has 0 bridgehead atoms. The summed E-state index contributed by atoms with van der Waals surface area (Å²) in [7, 11) is -1.72. The fourth-order valence-electron chi connectivity index (χ4n) is 5.55. The van der Waals surface area contributed by atoms with E-state index < -0.39 is 22.3 Å². The van der Waals surface area contributed by atoms with Crippen LogP contribution in [-0.4, -0.2) is 73.8 Å². The van der Waals surface area contributed by atoms with Gasteiger partial charge in [-0.05, 0) is 63.3 Å². The third-order valence-electron chi connectivity index (χ3n) is 7.20. The van der Waals surface area contributed by atoms with Gasteiger partial charge in [-0.25, -0.2) is 13.7 Å². The van der Waals surface area contributed by atoms with Gasteiger partial charge >= 0.3 is 0 Å². The second kappa shape index (κ2) is 8.70. The van der Waals surface area contributed by atoms with Crippen LogP contribution in [0, 0.1) is 23.1 Å². The molecule has 1 aromatic rings. The molecule has 8 nitrogen and oxygen atoms in total. The van der Waals surface area contributed by atoms with Crippen molar-refractivity contribution >= 4 is 16.6 Å². The Morgan fingerprint density at radius 3 is 2.75 bits per heavy atom. The number of pyridine rings is 1. The standard InChI is InChI=1S/C22H34FN5O3S/c1-15(2)31-21-6-5-17(21)13-27-8-7-22(10-16(27)3)14-26(4)32(29,30)28(22)20-9-18(23)12-25-19(20)11-24/h9,12,15-17,21,29-30H,5-8,10,13-14H2,1-4H3/t16-,17?,21?,22+/m0/s1. The molecule has 178 valence electrons. The predicted molar refractivity (Wildman–Crippen MR) is 123 cm³/mol. The van der Waals surface area contributed by atoms with E-state index in [1.165, 1.54) is 21.1 Å². The summed E-state index contributed by atoms with van der Waals surface area (Å²) >= 11 is 0. The molecule has 1 aliphatic carbocycles. The van der Waals surface area contributed by atoms with Gasteiger partial charge in [-0.1, -0.05) is 0 Å². The van der Waals surface area contributed by atoms with E-state index in [2.05, 4.69) is 30.7 Å². The lowest BCUT2D eigenvalue weighted by Crippen LogP contribution is -2.59. The number of rotatable bonds is 5. The molecule has 32 heavy (non-hydrogen) atoms. The van der Waals surface area contributed by atoms with Crippen molar-refractivity contribution in [2.75, 3.05) is 31.0 Å². The number of likely N-dealkylation sites (N-methyl/N-ethyl adjacent to an activating group) is 1. The van der Waals surface area contributed by atoms with Crippen molar-refractivity contribution in [1.29, 1.82) is 5.26 Å². The van der Waals surface area contributed by atoms with E-state index in [0.29, 0.717) is 31.4 Å². The average molecular weight is 468 g/mol. The number of ether oxygens (including phenoxy) is 1. The van der Waals surface area contributed by atoms with E-state index in [1.54, 1.807) is 7.05 Å². The zero-order chi connectivity index (χ0) is 23.3. The number of hydrogen-bond donors (Lipinski definition) is 2. The molecule has 3 heterocycles. The number of piperidine rings is 1. The molecule has 1 saturated carbocycles. The maximum absolute atomic E-state index is 14.1. The molecule has 4 rings (SSSR count). The van der Waals surface area contributed by atoms with Gasteiger partial charge < -0.3 is 9.64 Å². The number of likely N-dealkylation sites (tertiary alicyclic amines) is 1. The second-order valence-corrected chi connectivity index (χ2v) is 11.8. The summed E-state index contributed by atoms with van der Waals surface area (Å²) < 4.78 is 45.3. The molecular formula is C22H34FN5O3S. The predicted octanol–water partition coefficient (Wildman–Crippen LogP) is 3.85. The first-order valence-corrected chi connectivity index (χ1v) is 12.8. The minimum absolute atomic E-state index is 0.000670. The lowest BCUT2D eigenvalue weighted by molar-refractivity contribution is -0.0898. The molecule has 1 aromatic heterocycles. The summed E-state index contributed by atoms with van der Waals surface area (Å²) in [6.45, 7) is 8.49. The third kappa shape index (κ3) is 4.11. The van der Waals surface area contributed by atoms with E-state index >= 15 is 0 Å². The number of nitriles is 1. The van der Waals surface area contributed by atoms with E-state index in [9.17, 15) is 18.8 Å². The molecule has 10 heteroatoms. The molecular weight excluding hydrogens is 433 g/mol. The van der Waals surface area contributed by atoms with Crippen LogP contribution in [0.2, 0.25) is 0 Å². The van der Waals surface area contributed by atoms with E-state index in [-0.39, 0.29) is 23.5 Å². The highest BCUT2D eigenvalue weighted by Gasteiger charge is 2.56. The van der Waals surface area contributed by atoms with Crippen molar-refractivity contribution in [3.05, 3.63) is 23.8 Å². The maximum atomic E-state index is 14.1. The zero-order valence-corrected chi connectivity index (χ0v) is 20.1. The van der Waals surface area contributed by atoms with Crippen LogP contribution in [0.1, 0.15) is 52.1 Å². The summed E-state index contributed by atoms with van der Waals surface area (Å²) in [6, 6.07) is 3.37. The fraction of sp³-hybridized carbons (Fsp3) is 0.727. The molecule has 2 unspecified atom stereocenters. The molecule has 2 N–H and O–H groups in total. The maximum Gasteiger partial charge on any atom is 0.165 e. The Kier molecular flexibility index (Phi) is 6.44. The van der Waals surface area contributed by atoms with Crippen molar-refractivity contribution in [1.82, 2.24) is 14.2 Å². The first-order valence-electron chi connectivity index (χ1n) is 11.3. The summed E-state index contributed by atoms with van der Waals surface area (Å²) in [5, 5.41) is 9.56. The van der Waals surface area contributed by atoms with E-state index in [4.69, 9.17) is 4.74 Å². The molecule has 0 aromatic carbocycles. The quantitative estimate of drug-likeness (QED) is 0.674. The van der Waals surface area contributed by atoms with Crippen LogP contribution in [0.5, 0.6) is 0 Å². The average Bonchev–Trinajstić information content (AvgIpc) is 2.89. The van der Waals surface area contributed by atoms with E-state index in [1.807, 2.05) is 6.07 Å². The summed E-state index contributed by atoms with van der Waals surface area (Å²) in [5.74, 6) is -0.0835. The largest absolute Gasteiger partial charge is 0.375 e. The molecule has 0 radical (unpaired) electrons. The van der Waals surface area contributed by atoms with Crippen LogP contribution < -0.4 is 4.31 Å². The lowest BCUT2D eigenvalue weighted by Gasteiger charge is -2.52. The van der Waals surface area contributed by atoms with Crippen LogP contribution >= 0.6 is 11.0 Å². The van der Waals surface area contributed by atoms with Gasteiger partial charge in [0.2, 0.25) is 0 Å². The van der Waals surface area contributed by atoms with Gasteiger partial charge in [-0.15, -0.1) is 0 Å². The van der Waals surface area contributed by atoms with Crippen molar-refractivity contribution in [2.45, 2.75) is 70.2 Å². The topological polar surface area (TPSA) is 96.1 Å². The minimum Gasteiger partial charge on any atom is -0.375 e. The SMILES string of the molecule is CC(C)OC1CCC1CN1CC[C@@]2(C[C@@H]1C)CN(C)S(O)(O)N2c1cc(F)cnc1C#N. The highest BCUT2D eigenvalue weighted by Crippen LogP contribution is 2.61. The van der Waals surface area contributed by atoms with Crippen molar-refractivity contribution in [3.63, 3.8) is 0 Å². The smallest absolute Gasteiger partial charge is 0.165 e. The molecule has 1 spiro atoms. The Morgan fingerprint density at radius 2 is 2.16 bits per heavy atom. The monoisotopic (exact) mass is 467 g/mol. The Hall–Kier alpha value is -1.48.